The summed E-state index contributed by atoms with van der Waals surface area (Å²) < 4.78 is 5.53. The first-order chi connectivity index (χ1) is 8.68. The highest BCUT2D eigenvalue weighted by Crippen LogP contribution is 2.25. The molecule has 2 heterocycles. The van der Waals surface area contributed by atoms with E-state index in [0.717, 1.165) is 31.6 Å². The normalized spacial score (nSPS) is 16.7. The van der Waals surface area contributed by atoms with Crippen LogP contribution in [-0.2, 0) is 16.1 Å². The molecule has 0 atom stereocenters. The zero-order valence-corrected chi connectivity index (χ0v) is 14.1. The van der Waals surface area contributed by atoms with Crippen molar-refractivity contribution in [3.8, 4) is 0 Å². The first-order valence-corrected chi connectivity index (χ1v) is 7.01. The van der Waals surface area contributed by atoms with Gasteiger partial charge in [0.1, 0.15) is 5.60 Å². The summed E-state index contributed by atoms with van der Waals surface area (Å²) in [7, 11) is 3.43. The van der Waals surface area contributed by atoms with Gasteiger partial charge in [-0.1, -0.05) is 0 Å². The molecule has 1 N–H and O–H groups in total. The van der Waals surface area contributed by atoms with Gasteiger partial charge in [-0.05, 0) is 25.9 Å². The minimum atomic E-state index is -0.657. The second kappa shape index (κ2) is 8.79. The van der Waals surface area contributed by atoms with Gasteiger partial charge in [-0.2, -0.15) is 0 Å². The van der Waals surface area contributed by atoms with Crippen molar-refractivity contribution in [3.63, 3.8) is 0 Å². The van der Waals surface area contributed by atoms with E-state index < -0.39 is 5.60 Å². The van der Waals surface area contributed by atoms with Crippen molar-refractivity contribution in [2.45, 2.75) is 25.0 Å². The highest BCUT2D eigenvalue weighted by molar-refractivity contribution is 7.07. The molecule has 116 valence electrons. The molecule has 1 aromatic heterocycles. The fourth-order valence-corrected chi connectivity index (χ4v) is 2.86. The molecule has 0 aliphatic carbocycles. The Labute approximate surface area is 135 Å². The lowest BCUT2D eigenvalue weighted by molar-refractivity contribution is -0.157. The summed E-state index contributed by atoms with van der Waals surface area (Å²) >= 11 is 1.54. The third kappa shape index (κ3) is 4.30. The number of aromatic nitrogens is 1. The van der Waals surface area contributed by atoms with Gasteiger partial charge in [0, 0.05) is 19.5 Å². The molecule has 0 spiro atoms. The number of thiazole rings is 1. The van der Waals surface area contributed by atoms with Crippen LogP contribution < -0.4 is 5.32 Å². The van der Waals surface area contributed by atoms with Gasteiger partial charge >= 0.3 is 0 Å². The molecule has 0 bridgehead atoms. The molecule has 1 aromatic rings. The molecule has 0 saturated carbocycles. The standard InChI is InChI=1S/C12H19N3O2S.2ClH/c1-15(7-10-8-18-9-14-10)11(16)12(17-2)3-5-13-6-4-12;;/h8-9,13H,3-7H2,1-2H3;2*1H. The number of piperidine rings is 1. The van der Waals surface area contributed by atoms with Gasteiger partial charge in [0.15, 0.2) is 0 Å². The highest BCUT2D eigenvalue weighted by Gasteiger charge is 2.41. The second-order valence-corrected chi connectivity index (χ2v) is 5.31. The number of hydrogen-bond acceptors (Lipinski definition) is 5. The molecule has 1 saturated heterocycles. The van der Waals surface area contributed by atoms with Crippen LogP contribution in [0, 0.1) is 0 Å². The van der Waals surface area contributed by atoms with Gasteiger partial charge in [-0.3, -0.25) is 4.79 Å². The first-order valence-electron chi connectivity index (χ1n) is 6.06. The predicted octanol–water partition coefficient (Wildman–Crippen LogP) is 1.71. The number of halogens is 2. The van der Waals surface area contributed by atoms with Crippen LogP contribution in [0.1, 0.15) is 18.5 Å². The molecule has 8 heteroatoms. The van der Waals surface area contributed by atoms with Crippen molar-refractivity contribution in [1.82, 2.24) is 15.2 Å². The van der Waals surface area contributed by atoms with Crippen LogP contribution in [0.5, 0.6) is 0 Å². The van der Waals surface area contributed by atoms with Gasteiger partial charge in [0.25, 0.3) is 5.91 Å². The monoisotopic (exact) mass is 341 g/mol. The maximum Gasteiger partial charge on any atom is 0.255 e. The summed E-state index contributed by atoms with van der Waals surface area (Å²) in [5.41, 5.74) is 2.05. The number of ether oxygens (including phenoxy) is 1. The number of nitrogens with zero attached hydrogens (tertiary/aromatic N) is 2. The largest absolute Gasteiger partial charge is 0.368 e. The number of carbonyl (C=O) groups is 1. The van der Waals surface area contributed by atoms with Crippen LogP contribution in [0.4, 0.5) is 0 Å². The molecule has 1 fully saturated rings. The van der Waals surface area contributed by atoms with Gasteiger partial charge in [-0.15, -0.1) is 36.2 Å². The van der Waals surface area contributed by atoms with Gasteiger partial charge < -0.3 is 15.0 Å². The Morgan fingerprint density at radius 1 is 1.50 bits per heavy atom. The minimum Gasteiger partial charge on any atom is -0.368 e. The highest BCUT2D eigenvalue weighted by atomic mass is 35.5. The Bertz CT molecular complexity index is 397. The summed E-state index contributed by atoms with van der Waals surface area (Å²) in [6.45, 7) is 2.19. The molecule has 1 aliphatic heterocycles. The van der Waals surface area contributed by atoms with Crippen molar-refractivity contribution < 1.29 is 9.53 Å². The molecular weight excluding hydrogens is 321 g/mol. The average molecular weight is 342 g/mol. The predicted molar refractivity (Wildman–Crippen MR) is 84.9 cm³/mol. The van der Waals surface area contributed by atoms with E-state index in [1.165, 1.54) is 0 Å². The number of amides is 1. The molecule has 20 heavy (non-hydrogen) atoms. The number of nitrogens with one attached hydrogen (secondary N) is 1. The minimum absolute atomic E-state index is 0. The van der Waals surface area contributed by atoms with Gasteiger partial charge in [-0.25, -0.2) is 4.98 Å². The maximum absolute atomic E-state index is 12.5. The zero-order chi connectivity index (χ0) is 13.0. The Morgan fingerprint density at radius 3 is 2.65 bits per heavy atom. The molecule has 1 amide bonds. The third-order valence-electron chi connectivity index (χ3n) is 3.42. The molecule has 5 nitrogen and oxygen atoms in total. The van der Waals surface area contributed by atoms with Crippen molar-refractivity contribution in [2.75, 3.05) is 27.2 Å². The van der Waals surface area contributed by atoms with E-state index in [1.54, 1.807) is 28.9 Å². The van der Waals surface area contributed by atoms with Crippen LogP contribution in [0.15, 0.2) is 10.9 Å². The van der Waals surface area contributed by atoms with Crippen LogP contribution in [0.25, 0.3) is 0 Å². The smallest absolute Gasteiger partial charge is 0.255 e. The Balaban J connectivity index is 0.00000180. The van der Waals surface area contributed by atoms with Crippen molar-refractivity contribution in [2.24, 2.45) is 0 Å². The SMILES string of the molecule is COC1(C(=O)N(C)Cc2cscn2)CCNCC1.Cl.Cl. The van der Waals surface area contributed by atoms with E-state index in [9.17, 15) is 4.79 Å². The van der Waals surface area contributed by atoms with E-state index in [2.05, 4.69) is 10.3 Å². The number of rotatable bonds is 4. The first kappa shape index (κ1) is 19.6. The van der Waals surface area contributed by atoms with E-state index in [-0.39, 0.29) is 30.7 Å². The van der Waals surface area contributed by atoms with Crippen LogP contribution in [-0.4, -0.2) is 48.6 Å². The van der Waals surface area contributed by atoms with Gasteiger partial charge in [0.05, 0.1) is 17.7 Å². The van der Waals surface area contributed by atoms with Crippen LogP contribution >= 0.6 is 36.2 Å². The summed E-state index contributed by atoms with van der Waals surface area (Å²) in [5, 5.41) is 5.22. The van der Waals surface area contributed by atoms with E-state index in [4.69, 9.17) is 4.74 Å². The summed E-state index contributed by atoms with van der Waals surface area (Å²) in [6, 6.07) is 0. The molecule has 0 unspecified atom stereocenters. The number of hydrogen-bond donors (Lipinski definition) is 1. The topological polar surface area (TPSA) is 54.5 Å². The molecule has 0 aromatic carbocycles. The summed E-state index contributed by atoms with van der Waals surface area (Å²) in [5.74, 6) is 0.0551. The Morgan fingerprint density at radius 2 is 2.15 bits per heavy atom. The summed E-state index contributed by atoms with van der Waals surface area (Å²) in [4.78, 5) is 18.4. The van der Waals surface area contributed by atoms with Crippen molar-refractivity contribution >= 4 is 42.1 Å². The van der Waals surface area contributed by atoms with E-state index in [1.807, 2.05) is 12.4 Å². The Hall–Kier alpha value is -0.400. The average Bonchev–Trinajstić information content (AvgIpc) is 2.91. The molecule has 0 radical (unpaired) electrons. The maximum atomic E-state index is 12.5. The fourth-order valence-electron chi connectivity index (χ4n) is 2.31. The molecular formula is C12H21Cl2N3O2S. The lowest BCUT2D eigenvalue weighted by atomic mass is 9.90. The van der Waals surface area contributed by atoms with E-state index >= 15 is 0 Å². The van der Waals surface area contributed by atoms with Gasteiger partial charge in [0.2, 0.25) is 0 Å². The quantitative estimate of drug-likeness (QED) is 0.905. The number of methoxy groups -OCH3 is 1. The summed E-state index contributed by atoms with van der Waals surface area (Å²) in [6.07, 6.45) is 1.45. The lowest BCUT2D eigenvalue weighted by Crippen LogP contribution is -2.54. The van der Waals surface area contributed by atoms with E-state index in [0.29, 0.717) is 6.54 Å². The lowest BCUT2D eigenvalue weighted by Gasteiger charge is -2.37. The second-order valence-electron chi connectivity index (χ2n) is 4.59. The molecule has 2 rings (SSSR count). The number of carbonyl (C=O) groups excluding carboxylic acids is 1. The number of likely N-dealkylation sites (N-methyl/N-ethyl adjacent to an activating group) is 1. The Kier molecular flexibility index (Phi) is 8.62. The van der Waals surface area contributed by atoms with Crippen molar-refractivity contribution in [3.05, 3.63) is 16.6 Å². The zero-order valence-electron chi connectivity index (χ0n) is 11.6. The van der Waals surface area contributed by atoms with Crippen molar-refractivity contribution in [1.29, 1.82) is 0 Å². The fraction of sp³-hybridized carbons (Fsp3) is 0.667. The third-order valence-corrected chi connectivity index (χ3v) is 4.06. The van der Waals surface area contributed by atoms with Crippen LogP contribution in [0.2, 0.25) is 0 Å². The van der Waals surface area contributed by atoms with Crippen LogP contribution in [0.3, 0.4) is 0 Å². The molecule has 1 aliphatic rings.